The molecule has 1 aromatic heterocycles. The van der Waals surface area contributed by atoms with Gasteiger partial charge in [-0.2, -0.15) is 0 Å². The van der Waals surface area contributed by atoms with Crippen molar-refractivity contribution in [3.8, 4) is 0 Å². The van der Waals surface area contributed by atoms with Gasteiger partial charge in [-0.15, -0.1) is 0 Å². The van der Waals surface area contributed by atoms with Gasteiger partial charge in [0, 0.05) is 26.2 Å². The number of hydrogen-bond acceptors (Lipinski definition) is 4. The summed E-state index contributed by atoms with van der Waals surface area (Å²) in [4.78, 5) is 12.6. The van der Waals surface area contributed by atoms with E-state index in [1.54, 1.807) is 0 Å². The van der Waals surface area contributed by atoms with Gasteiger partial charge in [0.25, 0.3) is 0 Å². The average molecular weight is 260 g/mol. The van der Waals surface area contributed by atoms with E-state index in [4.69, 9.17) is 5.11 Å². The Labute approximate surface area is 112 Å². The molecule has 0 atom stereocenters. The van der Waals surface area contributed by atoms with Crippen LogP contribution in [0.1, 0.15) is 6.42 Å². The molecule has 1 aliphatic rings. The van der Waals surface area contributed by atoms with E-state index < -0.39 is 0 Å². The van der Waals surface area contributed by atoms with Crippen LogP contribution >= 0.6 is 0 Å². The van der Waals surface area contributed by atoms with Crippen LogP contribution in [0, 0.1) is 0 Å². The molecule has 19 heavy (non-hydrogen) atoms. The summed E-state index contributed by atoms with van der Waals surface area (Å²) in [6, 6.07) is 8.13. The van der Waals surface area contributed by atoms with Gasteiger partial charge in [-0.25, -0.2) is 4.98 Å². The van der Waals surface area contributed by atoms with Crippen LogP contribution in [0.15, 0.2) is 24.3 Å². The number of nitrogens with zero attached hydrogens (tertiary/aromatic N) is 3. The molecule has 0 saturated carbocycles. The van der Waals surface area contributed by atoms with Gasteiger partial charge in [0.2, 0.25) is 5.95 Å². The molecule has 0 radical (unpaired) electrons. The van der Waals surface area contributed by atoms with E-state index in [1.165, 1.54) is 0 Å². The molecule has 0 amide bonds. The molecule has 1 aromatic carbocycles. The summed E-state index contributed by atoms with van der Waals surface area (Å²) in [6.07, 6.45) is 1.11. The fraction of sp³-hybridized carbons (Fsp3) is 0.500. The third-order valence-corrected chi connectivity index (χ3v) is 3.68. The van der Waals surface area contributed by atoms with Gasteiger partial charge in [0.1, 0.15) is 0 Å². The lowest BCUT2D eigenvalue weighted by atomic mass is 10.3. The fourth-order valence-corrected chi connectivity index (χ4v) is 2.64. The molecule has 1 saturated heterocycles. The number of fused-ring (bicyclic) bond motifs is 1. The smallest absolute Gasteiger partial charge is 0.203 e. The van der Waals surface area contributed by atoms with Crippen molar-refractivity contribution in [3.63, 3.8) is 0 Å². The summed E-state index contributed by atoms with van der Waals surface area (Å²) in [5.41, 5.74) is 2.11. The monoisotopic (exact) mass is 260 g/mol. The summed E-state index contributed by atoms with van der Waals surface area (Å²) >= 11 is 0. The van der Waals surface area contributed by atoms with Crippen LogP contribution in [0.4, 0.5) is 5.95 Å². The van der Waals surface area contributed by atoms with Gasteiger partial charge >= 0.3 is 0 Å². The second-order valence-electron chi connectivity index (χ2n) is 4.98. The van der Waals surface area contributed by atoms with Crippen LogP contribution in [0.3, 0.4) is 0 Å². The molecule has 3 rings (SSSR count). The van der Waals surface area contributed by atoms with Crippen molar-refractivity contribution in [2.75, 3.05) is 44.2 Å². The predicted octanol–water partition coefficient (Wildman–Crippen LogP) is 1.07. The first-order valence-corrected chi connectivity index (χ1v) is 6.90. The molecular weight excluding hydrogens is 240 g/mol. The van der Waals surface area contributed by atoms with Crippen LogP contribution in [0.2, 0.25) is 0 Å². The van der Waals surface area contributed by atoms with Gasteiger partial charge in [0.15, 0.2) is 0 Å². The van der Waals surface area contributed by atoms with Crippen molar-refractivity contribution in [3.05, 3.63) is 24.3 Å². The second-order valence-corrected chi connectivity index (χ2v) is 4.98. The summed E-state index contributed by atoms with van der Waals surface area (Å²) in [5, 5.41) is 9.01. The summed E-state index contributed by atoms with van der Waals surface area (Å²) in [5.74, 6) is 0.965. The van der Waals surface area contributed by atoms with Gasteiger partial charge < -0.3 is 15.0 Å². The molecule has 0 unspecified atom stereocenters. The summed E-state index contributed by atoms with van der Waals surface area (Å²) in [7, 11) is 0. The molecule has 102 valence electrons. The number of rotatable bonds is 3. The van der Waals surface area contributed by atoms with Crippen molar-refractivity contribution < 1.29 is 5.11 Å². The number of aromatic amines is 1. The highest BCUT2D eigenvalue weighted by atomic mass is 16.3. The largest absolute Gasteiger partial charge is 0.395 e. The molecule has 2 N–H and O–H groups in total. The minimum Gasteiger partial charge on any atom is -0.395 e. The van der Waals surface area contributed by atoms with Crippen LogP contribution in [-0.2, 0) is 0 Å². The molecular formula is C14H20N4O. The maximum atomic E-state index is 9.01. The molecule has 1 aliphatic heterocycles. The predicted molar refractivity (Wildman–Crippen MR) is 76.4 cm³/mol. The first-order chi connectivity index (χ1) is 9.36. The van der Waals surface area contributed by atoms with Gasteiger partial charge in [-0.3, -0.25) is 4.90 Å². The van der Waals surface area contributed by atoms with E-state index in [-0.39, 0.29) is 6.61 Å². The topological polar surface area (TPSA) is 55.4 Å². The first-order valence-electron chi connectivity index (χ1n) is 6.90. The third-order valence-electron chi connectivity index (χ3n) is 3.68. The molecule has 1 fully saturated rings. The highest BCUT2D eigenvalue weighted by Gasteiger charge is 2.17. The molecule has 0 bridgehead atoms. The van der Waals surface area contributed by atoms with Crippen molar-refractivity contribution in [2.45, 2.75) is 6.42 Å². The number of para-hydroxylation sites is 2. The molecule has 2 aromatic rings. The van der Waals surface area contributed by atoms with Crippen molar-refractivity contribution in [1.29, 1.82) is 0 Å². The molecule has 2 heterocycles. The minimum absolute atomic E-state index is 0.241. The Morgan fingerprint density at radius 1 is 1.16 bits per heavy atom. The highest BCUT2D eigenvalue weighted by Crippen LogP contribution is 2.18. The van der Waals surface area contributed by atoms with E-state index in [1.807, 2.05) is 18.2 Å². The van der Waals surface area contributed by atoms with Crippen molar-refractivity contribution >= 4 is 17.0 Å². The van der Waals surface area contributed by atoms with E-state index in [0.717, 1.165) is 56.1 Å². The number of H-pyrrole nitrogens is 1. The lowest BCUT2D eigenvalue weighted by molar-refractivity contribution is 0.204. The Morgan fingerprint density at radius 3 is 2.89 bits per heavy atom. The van der Waals surface area contributed by atoms with E-state index >= 15 is 0 Å². The maximum absolute atomic E-state index is 9.01. The Kier molecular flexibility index (Phi) is 3.66. The summed E-state index contributed by atoms with van der Waals surface area (Å²) < 4.78 is 0. The number of nitrogens with one attached hydrogen (secondary N) is 1. The number of anilines is 1. The first kappa shape index (κ1) is 12.4. The average Bonchev–Trinajstić information content (AvgIpc) is 2.72. The van der Waals surface area contributed by atoms with Crippen LogP contribution < -0.4 is 4.90 Å². The SMILES string of the molecule is OCCN1CCCN(c2nc3ccccc3[nH]2)CC1. The highest BCUT2D eigenvalue weighted by molar-refractivity contribution is 5.77. The zero-order valence-electron chi connectivity index (χ0n) is 11.0. The van der Waals surface area contributed by atoms with Gasteiger partial charge in [-0.1, -0.05) is 12.1 Å². The maximum Gasteiger partial charge on any atom is 0.203 e. The minimum atomic E-state index is 0.241. The third kappa shape index (κ3) is 2.72. The molecule has 5 nitrogen and oxygen atoms in total. The lowest BCUT2D eigenvalue weighted by Gasteiger charge is -2.20. The zero-order chi connectivity index (χ0) is 13.1. The molecule has 5 heteroatoms. The number of aliphatic hydroxyl groups is 1. The normalized spacial score (nSPS) is 17.8. The number of hydrogen-bond donors (Lipinski definition) is 2. The van der Waals surface area contributed by atoms with Gasteiger partial charge in [-0.05, 0) is 25.1 Å². The van der Waals surface area contributed by atoms with Crippen LogP contribution in [0.5, 0.6) is 0 Å². The quantitative estimate of drug-likeness (QED) is 0.866. The standard InChI is InChI=1S/C14H20N4O/c19-11-10-17-6-3-7-18(9-8-17)14-15-12-4-1-2-5-13(12)16-14/h1-2,4-5,19H,3,6-11H2,(H,15,16). The Bertz CT molecular complexity index is 506. The fourth-order valence-electron chi connectivity index (χ4n) is 2.64. The molecule has 0 spiro atoms. The van der Waals surface area contributed by atoms with Crippen LogP contribution in [-0.4, -0.2) is 59.3 Å². The van der Waals surface area contributed by atoms with Crippen LogP contribution in [0.25, 0.3) is 11.0 Å². The van der Waals surface area contributed by atoms with Gasteiger partial charge in [0.05, 0.1) is 17.6 Å². The lowest BCUT2D eigenvalue weighted by Crippen LogP contribution is -2.32. The number of aliphatic hydroxyl groups excluding tert-OH is 1. The second kappa shape index (κ2) is 5.59. The Balaban J connectivity index is 1.74. The zero-order valence-corrected chi connectivity index (χ0v) is 11.0. The van der Waals surface area contributed by atoms with E-state index in [9.17, 15) is 0 Å². The number of aromatic nitrogens is 2. The number of benzene rings is 1. The molecule has 0 aliphatic carbocycles. The van der Waals surface area contributed by atoms with Crippen molar-refractivity contribution in [2.24, 2.45) is 0 Å². The van der Waals surface area contributed by atoms with E-state index in [0.29, 0.717) is 0 Å². The number of β-amino-alcohol motifs (C(OH)–C–C–N with tert-alkyl or cyclic N) is 1. The summed E-state index contributed by atoms with van der Waals surface area (Å²) in [6.45, 7) is 5.02. The number of imidazole rings is 1. The Morgan fingerprint density at radius 2 is 2.05 bits per heavy atom. The van der Waals surface area contributed by atoms with E-state index in [2.05, 4.69) is 25.8 Å². The van der Waals surface area contributed by atoms with Crippen molar-refractivity contribution in [1.82, 2.24) is 14.9 Å². The Hall–Kier alpha value is -1.59.